The normalized spacial score (nSPS) is 15.3. The van der Waals surface area contributed by atoms with Gasteiger partial charge in [-0.1, -0.05) is 18.2 Å². The Morgan fingerprint density at radius 3 is 2.29 bits per heavy atom. The molecule has 1 unspecified atom stereocenters. The standard InChI is InChI=1S/C19H23NO/c1-14(20-2)15-7-10-18(11-8-15)21-19-12-9-16-5-3-4-6-17(16)13-19/h7-14,20H,3-6H2,1-2H3. The SMILES string of the molecule is CNC(C)c1ccc(Oc2ccc3c(c2)CCCC3)cc1. The number of hydrogen-bond donors (Lipinski definition) is 1. The first-order valence-corrected chi connectivity index (χ1v) is 7.83. The molecule has 0 bridgehead atoms. The fourth-order valence-electron chi connectivity index (χ4n) is 2.90. The maximum atomic E-state index is 5.99. The third-order valence-corrected chi connectivity index (χ3v) is 4.37. The van der Waals surface area contributed by atoms with E-state index in [-0.39, 0.29) is 0 Å². The Morgan fingerprint density at radius 2 is 1.57 bits per heavy atom. The van der Waals surface area contributed by atoms with E-state index < -0.39 is 0 Å². The predicted molar refractivity (Wildman–Crippen MR) is 87.1 cm³/mol. The van der Waals surface area contributed by atoms with Crippen molar-refractivity contribution < 1.29 is 4.74 Å². The molecule has 1 N–H and O–H groups in total. The molecule has 0 fully saturated rings. The molecule has 0 saturated carbocycles. The Hall–Kier alpha value is -1.80. The van der Waals surface area contributed by atoms with Crippen molar-refractivity contribution in [3.05, 3.63) is 59.2 Å². The molecule has 1 atom stereocenters. The highest BCUT2D eigenvalue weighted by Crippen LogP contribution is 2.28. The van der Waals surface area contributed by atoms with E-state index in [0.717, 1.165) is 11.5 Å². The Bertz CT molecular complexity index is 603. The first-order chi connectivity index (χ1) is 10.3. The van der Waals surface area contributed by atoms with Crippen LogP contribution in [0.5, 0.6) is 11.5 Å². The third kappa shape index (κ3) is 3.27. The minimum Gasteiger partial charge on any atom is -0.457 e. The lowest BCUT2D eigenvalue weighted by Gasteiger charge is -2.17. The van der Waals surface area contributed by atoms with Crippen molar-refractivity contribution in [2.75, 3.05) is 7.05 Å². The van der Waals surface area contributed by atoms with Crippen molar-refractivity contribution in [1.82, 2.24) is 5.32 Å². The highest BCUT2D eigenvalue weighted by atomic mass is 16.5. The first-order valence-electron chi connectivity index (χ1n) is 7.83. The summed E-state index contributed by atoms with van der Waals surface area (Å²) in [5, 5.41) is 3.24. The smallest absolute Gasteiger partial charge is 0.127 e. The second kappa shape index (κ2) is 6.31. The lowest BCUT2D eigenvalue weighted by molar-refractivity contribution is 0.480. The highest BCUT2D eigenvalue weighted by Gasteiger charge is 2.10. The van der Waals surface area contributed by atoms with Crippen LogP contribution in [0.15, 0.2) is 42.5 Å². The van der Waals surface area contributed by atoms with Gasteiger partial charge < -0.3 is 10.1 Å². The Balaban J connectivity index is 1.74. The molecule has 0 saturated heterocycles. The molecule has 0 aromatic heterocycles. The van der Waals surface area contributed by atoms with E-state index in [1.165, 1.54) is 42.4 Å². The average Bonchev–Trinajstić information content (AvgIpc) is 2.55. The molecule has 110 valence electrons. The number of aryl methyl sites for hydroxylation is 2. The van der Waals surface area contributed by atoms with Crippen molar-refractivity contribution >= 4 is 0 Å². The average molecular weight is 281 g/mol. The van der Waals surface area contributed by atoms with Crippen LogP contribution < -0.4 is 10.1 Å². The van der Waals surface area contributed by atoms with Gasteiger partial charge in [0.2, 0.25) is 0 Å². The van der Waals surface area contributed by atoms with Crippen molar-refractivity contribution in [1.29, 1.82) is 0 Å². The molecule has 2 nitrogen and oxygen atoms in total. The van der Waals surface area contributed by atoms with Gasteiger partial charge in [0.25, 0.3) is 0 Å². The maximum absolute atomic E-state index is 5.99. The summed E-state index contributed by atoms with van der Waals surface area (Å²) in [7, 11) is 1.97. The molecule has 2 aromatic rings. The fourth-order valence-corrected chi connectivity index (χ4v) is 2.90. The topological polar surface area (TPSA) is 21.3 Å². The molecule has 1 aliphatic carbocycles. The van der Waals surface area contributed by atoms with E-state index in [4.69, 9.17) is 4.74 Å². The van der Waals surface area contributed by atoms with Crippen LogP contribution in [0.3, 0.4) is 0 Å². The highest BCUT2D eigenvalue weighted by molar-refractivity contribution is 5.40. The summed E-state index contributed by atoms with van der Waals surface area (Å²) in [6.45, 7) is 2.15. The molecule has 0 aliphatic heterocycles. The second-order valence-corrected chi connectivity index (χ2v) is 5.82. The van der Waals surface area contributed by atoms with E-state index in [0.29, 0.717) is 6.04 Å². The summed E-state index contributed by atoms with van der Waals surface area (Å²) in [6.07, 6.45) is 5.02. The lowest BCUT2D eigenvalue weighted by atomic mass is 9.92. The molecule has 21 heavy (non-hydrogen) atoms. The summed E-state index contributed by atoms with van der Waals surface area (Å²) < 4.78 is 5.99. The van der Waals surface area contributed by atoms with Gasteiger partial charge in [0.1, 0.15) is 11.5 Å². The molecule has 1 aliphatic rings. The Morgan fingerprint density at radius 1 is 0.905 bits per heavy atom. The van der Waals surface area contributed by atoms with Crippen LogP contribution in [0.25, 0.3) is 0 Å². The van der Waals surface area contributed by atoms with Crippen molar-refractivity contribution in [3.63, 3.8) is 0 Å². The van der Waals surface area contributed by atoms with E-state index in [2.05, 4.69) is 42.6 Å². The number of ether oxygens (including phenoxy) is 1. The van der Waals surface area contributed by atoms with Crippen LogP contribution in [0.4, 0.5) is 0 Å². The van der Waals surface area contributed by atoms with Crippen LogP contribution in [0.2, 0.25) is 0 Å². The van der Waals surface area contributed by atoms with Gasteiger partial charge in [0.15, 0.2) is 0 Å². The lowest BCUT2D eigenvalue weighted by Crippen LogP contribution is -2.11. The van der Waals surface area contributed by atoms with Gasteiger partial charge >= 0.3 is 0 Å². The number of fused-ring (bicyclic) bond motifs is 1. The molecular weight excluding hydrogens is 258 g/mol. The van der Waals surface area contributed by atoms with Gasteiger partial charge in [0.05, 0.1) is 0 Å². The van der Waals surface area contributed by atoms with E-state index in [1.807, 2.05) is 19.2 Å². The van der Waals surface area contributed by atoms with Crippen LogP contribution in [-0.4, -0.2) is 7.05 Å². The number of rotatable bonds is 4. The quantitative estimate of drug-likeness (QED) is 0.881. The number of nitrogens with one attached hydrogen (secondary N) is 1. The minimum atomic E-state index is 0.364. The van der Waals surface area contributed by atoms with Crippen molar-refractivity contribution in [2.45, 2.75) is 38.6 Å². The van der Waals surface area contributed by atoms with Crippen molar-refractivity contribution in [3.8, 4) is 11.5 Å². The summed E-state index contributed by atoms with van der Waals surface area (Å²) in [6, 6.07) is 15.2. The van der Waals surface area contributed by atoms with Crippen LogP contribution in [0.1, 0.15) is 42.5 Å². The third-order valence-electron chi connectivity index (χ3n) is 4.37. The molecule has 0 heterocycles. The minimum absolute atomic E-state index is 0.364. The molecular formula is C19H23NO. The summed E-state index contributed by atoms with van der Waals surface area (Å²) in [5.41, 5.74) is 4.22. The molecule has 0 amide bonds. The van der Waals surface area contributed by atoms with Crippen LogP contribution in [0, 0.1) is 0 Å². The van der Waals surface area contributed by atoms with Gasteiger partial charge in [0, 0.05) is 6.04 Å². The Kier molecular flexibility index (Phi) is 4.26. The monoisotopic (exact) mass is 281 g/mol. The van der Waals surface area contributed by atoms with E-state index in [9.17, 15) is 0 Å². The largest absolute Gasteiger partial charge is 0.457 e. The summed E-state index contributed by atoms with van der Waals surface area (Å²) in [4.78, 5) is 0. The summed E-state index contributed by atoms with van der Waals surface area (Å²) in [5.74, 6) is 1.85. The zero-order valence-corrected chi connectivity index (χ0v) is 12.9. The molecule has 0 radical (unpaired) electrons. The Labute approximate surface area is 127 Å². The molecule has 2 aromatic carbocycles. The molecule has 0 spiro atoms. The zero-order valence-electron chi connectivity index (χ0n) is 12.9. The van der Waals surface area contributed by atoms with Crippen molar-refractivity contribution in [2.24, 2.45) is 0 Å². The number of benzene rings is 2. The molecule has 3 rings (SSSR count). The van der Waals surface area contributed by atoms with Gasteiger partial charge in [-0.05, 0) is 80.6 Å². The first kappa shape index (κ1) is 14.2. The van der Waals surface area contributed by atoms with Gasteiger partial charge in [-0.25, -0.2) is 0 Å². The zero-order chi connectivity index (χ0) is 14.7. The number of hydrogen-bond acceptors (Lipinski definition) is 2. The van der Waals surface area contributed by atoms with E-state index >= 15 is 0 Å². The van der Waals surface area contributed by atoms with Gasteiger partial charge in [-0.15, -0.1) is 0 Å². The second-order valence-electron chi connectivity index (χ2n) is 5.82. The molecule has 2 heteroatoms. The summed E-state index contributed by atoms with van der Waals surface area (Å²) >= 11 is 0. The van der Waals surface area contributed by atoms with Gasteiger partial charge in [-0.3, -0.25) is 0 Å². The maximum Gasteiger partial charge on any atom is 0.127 e. The predicted octanol–water partition coefficient (Wildman–Crippen LogP) is 4.64. The van der Waals surface area contributed by atoms with Crippen LogP contribution >= 0.6 is 0 Å². The van der Waals surface area contributed by atoms with E-state index in [1.54, 1.807) is 0 Å². The van der Waals surface area contributed by atoms with Crippen LogP contribution in [-0.2, 0) is 12.8 Å². The van der Waals surface area contributed by atoms with Gasteiger partial charge in [-0.2, -0.15) is 0 Å². The fraction of sp³-hybridized carbons (Fsp3) is 0.368.